The second kappa shape index (κ2) is 9.51. The molecule has 2 amide bonds. The van der Waals surface area contributed by atoms with E-state index in [4.69, 9.17) is 0 Å². The van der Waals surface area contributed by atoms with Gasteiger partial charge in [0.25, 0.3) is 0 Å². The Kier molecular flexibility index (Phi) is 6.43. The largest absolute Gasteiger partial charge is 0.353 e. The van der Waals surface area contributed by atoms with Crippen molar-refractivity contribution < 1.29 is 18.0 Å². The van der Waals surface area contributed by atoms with Crippen LogP contribution in [0, 0.1) is 0 Å². The number of carbonyl (C=O) groups is 2. The molecule has 3 aliphatic heterocycles. The highest BCUT2D eigenvalue weighted by Gasteiger charge is 2.32. The van der Waals surface area contributed by atoms with Crippen LogP contribution in [0.1, 0.15) is 12.8 Å². The molecule has 0 radical (unpaired) electrons. The van der Waals surface area contributed by atoms with E-state index in [1.54, 1.807) is 0 Å². The Morgan fingerprint density at radius 1 is 0.686 bits per heavy atom. The minimum absolute atomic E-state index is 0.144. The number of hydrogen-bond donors (Lipinski definition) is 0. The van der Waals surface area contributed by atoms with Crippen molar-refractivity contribution in [2.45, 2.75) is 17.7 Å². The highest BCUT2D eigenvalue weighted by molar-refractivity contribution is 7.89. The van der Waals surface area contributed by atoms with Crippen molar-refractivity contribution in [3.05, 3.63) is 36.4 Å². The minimum Gasteiger partial charge on any atom is -0.353 e. The summed E-state index contributed by atoms with van der Waals surface area (Å²) in [5, 5.41) is 8.80. The molecular weight excluding hydrogens is 470 g/mol. The zero-order chi connectivity index (χ0) is 24.6. The Labute approximate surface area is 205 Å². The van der Waals surface area contributed by atoms with Crippen LogP contribution in [0.15, 0.2) is 41.3 Å². The summed E-state index contributed by atoms with van der Waals surface area (Å²) in [5.74, 6) is 1.08. The molecule has 12 heteroatoms. The molecule has 1 aromatic carbocycles. The van der Waals surface area contributed by atoms with Gasteiger partial charge in [-0.05, 0) is 43.4 Å². The van der Waals surface area contributed by atoms with Crippen LogP contribution < -0.4 is 14.7 Å². The first-order chi connectivity index (χ1) is 16.8. The van der Waals surface area contributed by atoms with Gasteiger partial charge in [0.1, 0.15) is 0 Å². The number of rotatable bonds is 5. The van der Waals surface area contributed by atoms with E-state index in [9.17, 15) is 18.0 Å². The van der Waals surface area contributed by atoms with E-state index < -0.39 is 10.0 Å². The van der Waals surface area contributed by atoms with E-state index in [2.05, 4.69) is 27.0 Å². The van der Waals surface area contributed by atoms with Gasteiger partial charge in [-0.1, -0.05) is 0 Å². The smallest absolute Gasteiger partial charge is 0.243 e. The summed E-state index contributed by atoms with van der Waals surface area (Å²) in [7, 11) is -1.58. The lowest BCUT2D eigenvalue weighted by molar-refractivity contribution is -0.121. The van der Waals surface area contributed by atoms with Crippen molar-refractivity contribution in [2.75, 3.05) is 74.1 Å². The average molecular weight is 500 g/mol. The Hall–Kier alpha value is -3.09. The molecule has 3 aliphatic rings. The highest BCUT2D eigenvalue weighted by atomic mass is 32.2. The number of sulfonamides is 1. The molecule has 0 saturated carbocycles. The topological polar surface area (TPSA) is 110 Å². The average Bonchev–Trinajstić information content (AvgIpc) is 3.22. The van der Waals surface area contributed by atoms with Gasteiger partial charge >= 0.3 is 0 Å². The Morgan fingerprint density at radius 3 is 1.66 bits per heavy atom. The molecule has 4 heterocycles. The Bertz CT molecular complexity index is 1170. The monoisotopic (exact) mass is 499 g/mol. The molecule has 11 nitrogen and oxygen atoms in total. The summed E-state index contributed by atoms with van der Waals surface area (Å²) in [5.41, 5.74) is 0.403. The molecule has 35 heavy (non-hydrogen) atoms. The third-order valence-corrected chi connectivity index (χ3v) is 8.72. The molecule has 3 saturated heterocycles. The Morgan fingerprint density at radius 2 is 1.17 bits per heavy atom. The lowest BCUT2D eigenvalue weighted by Crippen LogP contribution is -2.49. The normalized spacial score (nSPS) is 20.7. The maximum Gasteiger partial charge on any atom is 0.243 e. The molecule has 5 rings (SSSR count). The molecule has 186 valence electrons. The van der Waals surface area contributed by atoms with Crippen molar-refractivity contribution in [1.82, 2.24) is 19.4 Å². The zero-order valence-corrected chi connectivity index (χ0v) is 20.5. The molecule has 0 aliphatic carbocycles. The van der Waals surface area contributed by atoms with Crippen LogP contribution in [0.4, 0.5) is 17.3 Å². The van der Waals surface area contributed by atoms with Crippen molar-refractivity contribution in [1.29, 1.82) is 0 Å². The van der Waals surface area contributed by atoms with E-state index in [0.717, 1.165) is 42.7 Å². The number of benzene rings is 1. The Balaban J connectivity index is 1.20. The molecule has 0 unspecified atom stereocenters. The lowest BCUT2D eigenvalue weighted by Gasteiger charge is -2.35. The van der Waals surface area contributed by atoms with E-state index >= 15 is 0 Å². The number of anilines is 3. The van der Waals surface area contributed by atoms with Gasteiger partial charge in [-0.15, -0.1) is 10.2 Å². The van der Waals surface area contributed by atoms with Crippen molar-refractivity contribution in [2.24, 2.45) is 0 Å². The predicted octanol–water partition coefficient (Wildman–Crippen LogP) is 0.393. The van der Waals surface area contributed by atoms with Gasteiger partial charge in [0, 0.05) is 65.2 Å². The highest BCUT2D eigenvalue weighted by Crippen LogP contribution is 2.26. The van der Waals surface area contributed by atoms with E-state index in [0.29, 0.717) is 31.9 Å². The second-order valence-electron chi connectivity index (χ2n) is 9.05. The van der Waals surface area contributed by atoms with Gasteiger partial charge in [0.2, 0.25) is 21.8 Å². The second-order valence-corrected chi connectivity index (χ2v) is 11.0. The number of imide groups is 1. The number of piperazine rings is 2. The number of likely N-dealkylation sites (N-methyl/N-ethyl adjacent to an activating group) is 1. The standard InChI is InChI=1S/C23H29N7O4S/c1-26-10-12-27(13-11-26)20-6-7-21(25-24-20)28-14-16-29(17-15-28)35(33,34)19-4-2-18(3-5-19)30-22(31)8-9-23(30)32/h2-7H,8-17H2,1H3. The number of nitrogens with zero attached hydrogens (tertiary/aromatic N) is 7. The maximum atomic E-state index is 13.2. The van der Waals surface area contributed by atoms with Crippen LogP contribution >= 0.6 is 0 Å². The molecular formula is C23H29N7O4S. The zero-order valence-electron chi connectivity index (χ0n) is 19.7. The first-order valence-corrected chi connectivity index (χ1v) is 13.2. The van der Waals surface area contributed by atoms with Crippen molar-refractivity contribution in [3.8, 4) is 0 Å². The van der Waals surface area contributed by atoms with Gasteiger partial charge in [-0.3, -0.25) is 14.5 Å². The van der Waals surface area contributed by atoms with Crippen LogP contribution in [0.25, 0.3) is 0 Å². The van der Waals surface area contributed by atoms with Gasteiger partial charge in [-0.25, -0.2) is 8.42 Å². The molecule has 0 atom stereocenters. The third kappa shape index (κ3) is 4.73. The molecule has 0 bridgehead atoms. The van der Waals surface area contributed by atoms with E-state index in [1.165, 1.54) is 28.6 Å². The quantitative estimate of drug-likeness (QED) is 0.540. The number of amides is 2. The molecule has 0 spiro atoms. The first-order valence-electron chi connectivity index (χ1n) is 11.8. The summed E-state index contributed by atoms with van der Waals surface area (Å²) in [6, 6.07) is 9.87. The third-order valence-electron chi connectivity index (χ3n) is 6.81. The number of aromatic nitrogens is 2. The molecule has 1 aromatic heterocycles. The van der Waals surface area contributed by atoms with E-state index in [-0.39, 0.29) is 29.6 Å². The van der Waals surface area contributed by atoms with Gasteiger partial charge in [0.15, 0.2) is 11.6 Å². The number of carbonyl (C=O) groups excluding carboxylic acids is 2. The van der Waals surface area contributed by atoms with Crippen LogP contribution in [0.5, 0.6) is 0 Å². The SMILES string of the molecule is CN1CCN(c2ccc(N3CCN(S(=O)(=O)c4ccc(N5C(=O)CCC5=O)cc4)CC3)nn2)CC1. The molecule has 3 fully saturated rings. The van der Waals surface area contributed by atoms with Crippen LogP contribution in [-0.2, 0) is 19.6 Å². The van der Waals surface area contributed by atoms with Gasteiger partial charge < -0.3 is 14.7 Å². The van der Waals surface area contributed by atoms with E-state index in [1.807, 2.05) is 17.0 Å². The predicted molar refractivity (Wildman–Crippen MR) is 131 cm³/mol. The summed E-state index contributed by atoms with van der Waals surface area (Å²) < 4.78 is 27.8. The molecule has 2 aromatic rings. The first kappa shape index (κ1) is 23.6. The van der Waals surface area contributed by atoms with Crippen LogP contribution in [0.2, 0.25) is 0 Å². The number of hydrogen-bond acceptors (Lipinski definition) is 9. The fraction of sp³-hybridized carbons (Fsp3) is 0.478. The van der Waals surface area contributed by atoms with Crippen LogP contribution in [-0.4, -0.2) is 99.0 Å². The van der Waals surface area contributed by atoms with Crippen molar-refractivity contribution >= 4 is 39.2 Å². The van der Waals surface area contributed by atoms with Crippen molar-refractivity contribution in [3.63, 3.8) is 0 Å². The summed E-state index contributed by atoms with van der Waals surface area (Å²) >= 11 is 0. The summed E-state index contributed by atoms with van der Waals surface area (Å²) in [6.45, 7) is 5.52. The minimum atomic E-state index is -3.69. The summed E-state index contributed by atoms with van der Waals surface area (Å²) in [4.78, 5) is 31.7. The fourth-order valence-corrected chi connectivity index (χ4v) is 6.05. The van der Waals surface area contributed by atoms with Gasteiger partial charge in [-0.2, -0.15) is 4.31 Å². The molecule has 0 N–H and O–H groups in total. The maximum absolute atomic E-state index is 13.2. The van der Waals surface area contributed by atoms with Crippen LogP contribution in [0.3, 0.4) is 0 Å². The fourth-order valence-electron chi connectivity index (χ4n) is 4.63. The lowest BCUT2D eigenvalue weighted by atomic mass is 10.3. The van der Waals surface area contributed by atoms with Gasteiger partial charge in [0.05, 0.1) is 10.6 Å². The summed E-state index contributed by atoms with van der Waals surface area (Å²) in [6.07, 6.45) is 0.373.